The molecule has 0 spiro atoms. The molecule has 0 radical (unpaired) electrons. The highest BCUT2D eigenvalue weighted by Gasteiger charge is 2.29. The summed E-state index contributed by atoms with van der Waals surface area (Å²) in [4.78, 5) is 20.4. The molecule has 2 heterocycles. The maximum atomic E-state index is 11.7. The molecule has 1 N–H and O–H groups in total. The maximum Gasteiger partial charge on any atom is 0.407 e. The van der Waals surface area contributed by atoms with Crippen LogP contribution in [-0.4, -0.2) is 56.7 Å². The summed E-state index contributed by atoms with van der Waals surface area (Å²) in [5.41, 5.74) is 4.59. The third-order valence-corrected chi connectivity index (χ3v) is 8.35. The van der Waals surface area contributed by atoms with Crippen molar-refractivity contribution in [3.63, 3.8) is 0 Å². The van der Waals surface area contributed by atoms with Crippen LogP contribution in [0, 0.1) is 5.92 Å². The molecule has 4 aromatic rings. The molecule has 1 atom stereocenters. The van der Waals surface area contributed by atoms with Crippen LogP contribution in [-0.2, 0) is 18.5 Å². The van der Waals surface area contributed by atoms with E-state index in [0.29, 0.717) is 19.0 Å². The first kappa shape index (κ1) is 27.7. The van der Waals surface area contributed by atoms with Crippen molar-refractivity contribution >= 4 is 17.1 Å². The summed E-state index contributed by atoms with van der Waals surface area (Å²) in [6, 6.07) is 29.0. The van der Waals surface area contributed by atoms with E-state index in [-0.39, 0.29) is 5.41 Å². The molecule has 1 amide bonds. The minimum absolute atomic E-state index is 0.0134. The highest BCUT2D eigenvalue weighted by atomic mass is 16.4. The quantitative estimate of drug-likeness (QED) is 0.213. The van der Waals surface area contributed by atoms with Gasteiger partial charge in [0.2, 0.25) is 0 Å². The standard InChI is InChI=1S/C34H40N4O2/c1-34(30-14-6-3-7-15-30,26-38-27-35-31-16-8-9-17-32(31)38)20-24-36-22-18-28(19-23-36)13-10-21-37(33(39)40)25-29-11-4-2-5-12-29/h2-17,27-28H,18-26H2,1H3,(H,39,40). The number of aromatic nitrogens is 2. The average molecular weight is 537 g/mol. The molecule has 1 aliphatic rings. The topological polar surface area (TPSA) is 61.6 Å². The van der Waals surface area contributed by atoms with Crippen LogP contribution in [0.2, 0.25) is 0 Å². The van der Waals surface area contributed by atoms with Gasteiger partial charge >= 0.3 is 6.09 Å². The van der Waals surface area contributed by atoms with Gasteiger partial charge in [-0.2, -0.15) is 0 Å². The zero-order chi connectivity index (χ0) is 27.8. The predicted molar refractivity (Wildman–Crippen MR) is 161 cm³/mol. The zero-order valence-electron chi connectivity index (χ0n) is 23.4. The number of likely N-dealkylation sites (tertiary alicyclic amines) is 1. The maximum absolute atomic E-state index is 11.7. The largest absolute Gasteiger partial charge is 0.465 e. The second-order valence-corrected chi connectivity index (χ2v) is 11.3. The van der Waals surface area contributed by atoms with Crippen LogP contribution in [0.1, 0.15) is 37.3 Å². The van der Waals surface area contributed by atoms with Gasteiger partial charge in [0.05, 0.1) is 17.4 Å². The Hall–Kier alpha value is -3.90. The predicted octanol–water partition coefficient (Wildman–Crippen LogP) is 6.83. The van der Waals surface area contributed by atoms with Crippen LogP contribution in [0.15, 0.2) is 103 Å². The molecule has 0 aliphatic carbocycles. The van der Waals surface area contributed by atoms with Crippen LogP contribution in [0.25, 0.3) is 11.0 Å². The molecule has 0 bridgehead atoms. The summed E-state index contributed by atoms with van der Waals surface area (Å²) in [7, 11) is 0. The second-order valence-electron chi connectivity index (χ2n) is 11.3. The first-order chi connectivity index (χ1) is 19.5. The van der Waals surface area contributed by atoms with Gasteiger partial charge in [-0.3, -0.25) is 0 Å². The number of benzene rings is 3. The van der Waals surface area contributed by atoms with E-state index in [1.807, 2.05) is 48.8 Å². The lowest BCUT2D eigenvalue weighted by atomic mass is 9.79. The molecule has 5 rings (SSSR count). The van der Waals surface area contributed by atoms with E-state index in [9.17, 15) is 9.90 Å². The molecule has 6 heteroatoms. The molecule has 208 valence electrons. The summed E-state index contributed by atoms with van der Waals surface area (Å²) in [5.74, 6) is 0.501. The molecule has 6 nitrogen and oxygen atoms in total. The highest BCUT2D eigenvalue weighted by molar-refractivity contribution is 5.75. The van der Waals surface area contributed by atoms with E-state index >= 15 is 0 Å². The fourth-order valence-corrected chi connectivity index (χ4v) is 5.84. The van der Waals surface area contributed by atoms with Gasteiger partial charge in [0.1, 0.15) is 0 Å². The molecule has 1 aliphatic heterocycles. The van der Waals surface area contributed by atoms with Crippen molar-refractivity contribution in [1.82, 2.24) is 19.4 Å². The number of carboxylic acid groups (broad SMARTS) is 1. The Kier molecular flexibility index (Phi) is 8.97. The van der Waals surface area contributed by atoms with Crippen LogP contribution in [0.5, 0.6) is 0 Å². The fraction of sp³-hybridized carbons (Fsp3) is 0.353. The number of imidazole rings is 1. The van der Waals surface area contributed by atoms with Gasteiger partial charge in [-0.15, -0.1) is 0 Å². The van der Waals surface area contributed by atoms with E-state index in [2.05, 4.69) is 76.0 Å². The number of carbonyl (C=O) groups is 1. The normalized spacial score (nSPS) is 16.3. The lowest BCUT2D eigenvalue weighted by Gasteiger charge is -2.36. The summed E-state index contributed by atoms with van der Waals surface area (Å²) in [5, 5.41) is 9.63. The number of fused-ring (bicyclic) bond motifs is 1. The van der Waals surface area contributed by atoms with Crippen LogP contribution < -0.4 is 0 Å². The SMILES string of the molecule is CC(CCN1CCC(C=CCN(Cc2ccccc2)C(=O)O)CC1)(Cn1cnc2ccccc21)c1ccccc1. The molecule has 1 fully saturated rings. The van der Waals surface area contributed by atoms with Gasteiger partial charge in [0.15, 0.2) is 0 Å². The average Bonchev–Trinajstić information content (AvgIpc) is 3.39. The monoisotopic (exact) mass is 536 g/mol. The van der Waals surface area contributed by atoms with Crippen molar-refractivity contribution in [2.45, 2.75) is 44.7 Å². The van der Waals surface area contributed by atoms with Gasteiger partial charge in [-0.25, -0.2) is 9.78 Å². The Morgan fingerprint density at radius 1 is 1.00 bits per heavy atom. The van der Waals surface area contributed by atoms with Gasteiger partial charge in [0.25, 0.3) is 0 Å². The van der Waals surface area contributed by atoms with Gasteiger partial charge in [0, 0.05) is 25.0 Å². The third-order valence-electron chi connectivity index (χ3n) is 8.35. The lowest BCUT2D eigenvalue weighted by molar-refractivity contribution is 0.147. The minimum atomic E-state index is -0.881. The van der Waals surface area contributed by atoms with Gasteiger partial charge in [-0.05, 0) is 68.1 Å². The smallest absolute Gasteiger partial charge is 0.407 e. The first-order valence-corrected chi connectivity index (χ1v) is 14.4. The van der Waals surface area contributed by atoms with Crippen LogP contribution in [0.3, 0.4) is 0 Å². The third kappa shape index (κ3) is 6.99. The number of amides is 1. The lowest BCUT2D eigenvalue weighted by Crippen LogP contribution is -2.38. The van der Waals surface area contributed by atoms with E-state index in [4.69, 9.17) is 0 Å². The number of hydrogen-bond acceptors (Lipinski definition) is 3. The number of hydrogen-bond donors (Lipinski definition) is 1. The van der Waals surface area contributed by atoms with E-state index in [0.717, 1.165) is 56.5 Å². The Labute approximate surface area is 237 Å². The second kappa shape index (κ2) is 13.0. The molecule has 3 aromatic carbocycles. The minimum Gasteiger partial charge on any atom is -0.465 e. The molecule has 1 aromatic heterocycles. The highest BCUT2D eigenvalue weighted by Crippen LogP contribution is 2.32. The number of rotatable bonds is 11. The Morgan fingerprint density at radius 3 is 2.40 bits per heavy atom. The van der Waals surface area contributed by atoms with Crippen molar-refractivity contribution < 1.29 is 9.90 Å². The van der Waals surface area contributed by atoms with E-state index in [1.165, 1.54) is 16.0 Å². The summed E-state index contributed by atoms with van der Waals surface area (Å²) < 4.78 is 2.30. The van der Waals surface area contributed by atoms with Gasteiger partial charge < -0.3 is 19.5 Å². The first-order valence-electron chi connectivity index (χ1n) is 14.4. The van der Waals surface area contributed by atoms with Gasteiger partial charge in [-0.1, -0.05) is 91.9 Å². The molecule has 0 saturated carbocycles. The molecule has 1 unspecified atom stereocenters. The molecule has 40 heavy (non-hydrogen) atoms. The van der Waals surface area contributed by atoms with Crippen LogP contribution >= 0.6 is 0 Å². The molecule has 1 saturated heterocycles. The summed E-state index contributed by atoms with van der Waals surface area (Å²) in [6.45, 7) is 7.30. The number of piperidine rings is 1. The number of nitrogens with zero attached hydrogens (tertiary/aromatic N) is 4. The van der Waals surface area contributed by atoms with Crippen molar-refractivity contribution in [2.24, 2.45) is 5.92 Å². The van der Waals surface area contributed by atoms with Crippen molar-refractivity contribution in [2.75, 3.05) is 26.2 Å². The Morgan fingerprint density at radius 2 is 1.68 bits per heavy atom. The van der Waals surface area contributed by atoms with Crippen molar-refractivity contribution in [3.05, 3.63) is 115 Å². The molecular formula is C34H40N4O2. The number of para-hydroxylation sites is 2. The van der Waals surface area contributed by atoms with E-state index < -0.39 is 6.09 Å². The summed E-state index contributed by atoms with van der Waals surface area (Å²) in [6.07, 6.45) is 8.66. The fourth-order valence-electron chi connectivity index (χ4n) is 5.84. The Bertz CT molecular complexity index is 1390. The van der Waals surface area contributed by atoms with Crippen molar-refractivity contribution in [3.8, 4) is 0 Å². The molecular weight excluding hydrogens is 496 g/mol. The van der Waals surface area contributed by atoms with Crippen LogP contribution in [0.4, 0.5) is 4.79 Å². The van der Waals surface area contributed by atoms with E-state index in [1.54, 1.807) is 0 Å². The van der Waals surface area contributed by atoms with Crippen molar-refractivity contribution in [1.29, 1.82) is 0 Å². The Balaban J connectivity index is 1.15. The summed E-state index contributed by atoms with van der Waals surface area (Å²) >= 11 is 0. The zero-order valence-corrected chi connectivity index (χ0v) is 23.4. The number of allylic oxidation sites excluding steroid dienone is 1.